The van der Waals surface area contributed by atoms with Crippen molar-refractivity contribution in [2.24, 2.45) is 0 Å². The molecule has 3 saturated heterocycles. The van der Waals surface area contributed by atoms with Gasteiger partial charge in [-0.05, 0) is 18.2 Å². The van der Waals surface area contributed by atoms with Gasteiger partial charge in [-0.3, -0.25) is 0 Å². The molecule has 0 saturated carbocycles. The van der Waals surface area contributed by atoms with E-state index in [0.717, 1.165) is 16.6 Å². The molecule has 1 N–H and O–H groups in total. The Morgan fingerprint density at radius 3 is 2.69 bits per heavy atom. The zero-order valence-electron chi connectivity index (χ0n) is 15.4. The van der Waals surface area contributed by atoms with Gasteiger partial charge in [-0.1, -0.05) is 30.3 Å². The minimum Gasteiger partial charge on any atom is -0.423 e. The van der Waals surface area contributed by atoms with Crippen molar-refractivity contribution in [1.29, 1.82) is 0 Å². The van der Waals surface area contributed by atoms with Crippen LogP contribution in [0.3, 0.4) is 0 Å². The molecular weight excluding hydrogens is 374 g/mol. The Labute approximate surface area is 166 Å². The van der Waals surface area contributed by atoms with Crippen LogP contribution in [0.25, 0.3) is 11.0 Å². The Hall–Kier alpha value is -2.71. The van der Waals surface area contributed by atoms with Crippen molar-refractivity contribution in [1.82, 2.24) is 0 Å². The highest BCUT2D eigenvalue weighted by Gasteiger charge is 2.62. The van der Waals surface area contributed by atoms with Crippen molar-refractivity contribution in [2.45, 2.75) is 36.9 Å². The summed E-state index contributed by atoms with van der Waals surface area (Å²) in [5, 5.41) is 11.8. The van der Waals surface area contributed by atoms with Crippen molar-refractivity contribution >= 4 is 16.7 Å². The fourth-order valence-electron chi connectivity index (χ4n) is 4.36. The molecule has 0 aliphatic carbocycles. The van der Waals surface area contributed by atoms with Gasteiger partial charge >= 0.3 is 5.63 Å². The number of rotatable bonds is 2. The number of aliphatic hydroxyl groups excluding tert-OH is 1. The molecule has 3 aliphatic rings. The molecule has 3 aromatic rings. The Morgan fingerprint density at radius 2 is 1.83 bits per heavy atom. The van der Waals surface area contributed by atoms with Crippen LogP contribution in [0.1, 0.15) is 11.9 Å². The van der Waals surface area contributed by atoms with Crippen molar-refractivity contribution < 1.29 is 23.7 Å². The molecule has 6 atom stereocenters. The molecule has 6 rings (SSSR count). The quantitative estimate of drug-likeness (QED) is 0.528. The van der Waals surface area contributed by atoms with Crippen molar-refractivity contribution in [3.05, 3.63) is 76.6 Å². The average Bonchev–Trinajstić information content (AvgIpc) is 3.48. The fourth-order valence-corrected chi connectivity index (χ4v) is 4.36. The van der Waals surface area contributed by atoms with Crippen LogP contribution in [-0.2, 0) is 14.2 Å². The van der Waals surface area contributed by atoms with E-state index in [1.165, 1.54) is 6.07 Å². The first-order valence-electron chi connectivity index (χ1n) is 9.67. The molecule has 7 nitrogen and oxygen atoms in total. The number of nitrogens with zero attached hydrogens (tertiary/aromatic N) is 1. The summed E-state index contributed by atoms with van der Waals surface area (Å²) >= 11 is 0. The number of aliphatic hydroxyl groups is 1. The van der Waals surface area contributed by atoms with Gasteiger partial charge in [-0.25, -0.2) is 4.79 Å². The predicted molar refractivity (Wildman–Crippen MR) is 103 cm³/mol. The van der Waals surface area contributed by atoms with E-state index in [4.69, 9.17) is 18.6 Å². The summed E-state index contributed by atoms with van der Waals surface area (Å²) in [6, 6.07) is 18.2. The highest BCUT2D eigenvalue weighted by atomic mass is 16.7. The topological polar surface area (TPSA) is 81.1 Å². The molecule has 3 aliphatic heterocycles. The molecule has 0 radical (unpaired) electrons. The van der Waals surface area contributed by atoms with Crippen molar-refractivity contribution in [3.63, 3.8) is 0 Å². The Balaban J connectivity index is 1.25. The van der Waals surface area contributed by atoms with E-state index in [1.54, 1.807) is 12.1 Å². The van der Waals surface area contributed by atoms with Gasteiger partial charge in [-0.2, -0.15) is 0 Å². The minimum absolute atomic E-state index is 0.210. The smallest absolute Gasteiger partial charge is 0.336 e. The van der Waals surface area contributed by atoms with Gasteiger partial charge in [0, 0.05) is 28.8 Å². The summed E-state index contributed by atoms with van der Waals surface area (Å²) in [5.41, 5.74) is 1.87. The first-order valence-corrected chi connectivity index (χ1v) is 9.67. The maximum absolute atomic E-state index is 11.5. The SMILES string of the molecule is O=c1ccc2ccc(N3C4[C@@H](O)[C@@H]5OC(c6ccccc6)OCC5O[C@@H]43)cc2o1. The van der Waals surface area contributed by atoms with E-state index in [-0.39, 0.29) is 18.4 Å². The lowest BCUT2D eigenvalue weighted by atomic mass is 10.0. The third-order valence-corrected chi connectivity index (χ3v) is 5.83. The lowest BCUT2D eigenvalue weighted by molar-refractivity contribution is -0.296. The number of hydrogen-bond acceptors (Lipinski definition) is 7. The van der Waals surface area contributed by atoms with Crippen LogP contribution in [-0.4, -0.2) is 42.3 Å². The molecule has 2 aromatic carbocycles. The van der Waals surface area contributed by atoms with Crippen molar-refractivity contribution in [2.75, 3.05) is 11.5 Å². The zero-order chi connectivity index (χ0) is 19.5. The molecule has 0 amide bonds. The molecular formula is C22H19NO6. The first-order chi connectivity index (χ1) is 14.2. The number of hydrogen-bond donors (Lipinski definition) is 1. The first kappa shape index (κ1) is 17.2. The van der Waals surface area contributed by atoms with E-state index < -0.39 is 24.1 Å². The summed E-state index contributed by atoms with van der Waals surface area (Å²) in [5.74, 6) is 0. The summed E-state index contributed by atoms with van der Waals surface area (Å²) in [7, 11) is 0. The molecule has 29 heavy (non-hydrogen) atoms. The van der Waals surface area contributed by atoms with Gasteiger partial charge in [0.1, 0.15) is 29.9 Å². The maximum atomic E-state index is 11.5. The second-order valence-corrected chi connectivity index (χ2v) is 7.61. The minimum atomic E-state index is -0.715. The highest BCUT2D eigenvalue weighted by Crippen LogP contribution is 2.46. The van der Waals surface area contributed by atoms with E-state index in [9.17, 15) is 9.90 Å². The normalized spacial score (nSPS) is 33.2. The van der Waals surface area contributed by atoms with Crippen LogP contribution in [0, 0.1) is 0 Å². The summed E-state index contributed by atoms with van der Waals surface area (Å²) in [4.78, 5) is 13.5. The average molecular weight is 393 g/mol. The van der Waals surface area contributed by atoms with Gasteiger partial charge in [0.25, 0.3) is 0 Å². The maximum Gasteiger partial charge on any atom is 0.336 e. The van der Waals surface area contributed by atoms with E-state index in [0.29, 0.717) is 12.2 Å². The van der Waals surface area contributed by atoms with Crippen LogP contribution in [0.2, 0.25) is 0 Å². The predicted octanol–water partition coefficient (Wildman–Crippen LogP) is 2.18. The highest BCUT2D eigenvalue weighted by molar-refractivity contribution is 5.81. The standard InChI is InChI=1S/C22H19NO6/c24-17-9-7-12-6-8-14(10-15(12)27-17)23-18-19(25)20-16(28-21(18)23)11-26-22(29-20)13-4-2-1-3-5-13/h1-10,16,18-22,25H,11H2/t16?,18?,19-,20-,21+,22?,23?/m1/s1. The summed E-state index contributed by atoms with van der Waals surface area (Å²) < 4.78 is 23.3. The third kappa shape index (κ3) is 2.78. The van der Waals surface area contributed by atoms with Crippen LogP contribution in [0.4, 0.5) is 5.69 Å². The fraction of sp³-hybridized carbons (Fsp3) is 0.318. The van der Waals surface area contributed by atoms with Gasteiger partial charge in [-0.15, -0.1) is 0 Å². The second-order valence-electron chi connectivity index (χ2n) is 7.61. The monoisotopic (exact) mass is 393 g/mol. The second kappa shape index (κ2) is 6.40. The summed E-state index contributed by atoms with van der Waals surface area (Å²) in [6.07, 6.45) is -2.30. The number of anilines is 1. The van der Waals surface area contributed by atoms with Crippen molar-refractivity contribution in [3.8, 4) is 0 Å². The number of ether oxygens (including phenoxy) is 3. The molecule has 0 bridgehead atoms. The Morgan fingerprint density at radius 1 is 1.00 bits per heavy atom. The van der Waals surface area contributed by atoms with Gasteiger partial charge < -0.3 is 28.6 Å². The van der Waals surface area contributed by atoms with Crippen LogP contribution >= 0.6 is 0 Å². The lowest BCUT2D eigenvalue weighted by Gasteiger charge is -2.40. The van der Waals surface area contributed by atoms with Crippen LogP contribution in [0.5, 0.6) is 0 Å². The largest absolute Gasteiger partial charge is 0.423 e. The van der Waals surface area contributed by atoms with Gasteiger partial charge in [0.05, 0.1) is 6.61 Å². The van der Waals surface area contributed by atoms with E-state index in [1.807, 2.05) is 47.4 Å². The van der Waals surface area contributed by atoms with Gasteiger partial charge in [0.2, 0.25) is 0 Å². The molecule has 4 heterocycles. The molecule has 1 aromatic heterocycles. The van der Waals surface area contributed by atoms with Crippen LogP contribution < -0.4 is 10.5 Å². The molecule has 3 fully saturated rings. The Bertz CT molecular complexity index is 1110. The molecule has 3 unspecified atom stereocenters. The van der Waals surface area contributed by atoms with E-state index in [2.05, 4.69) is 0 Å². The number of fused-ring (bicyclic) bond motifs is 3. The lowest BCUT2D eigenvalue weighted by Crippen LogP contribution is -2.54. The third-order valence-electron chi connectivity index (χ3n) is 5.83. The summed E-state index contributed by atoms with van der Waals surface area (Å²) in [6.45, 7) is 0.352. The van der Waals surface area contributed by atoms with E-state index >= 15 is 0 Å². The number of benzene rings is 2. The zero-order valence-corrected chi connectivity index (χ0v) is 15.4. The molecule has 7 heteroatoms. The van der Waals surface area contributed by atoms with Gasteiger partial charge in [0.15, 0.2) is 12.5 Å². The Kier molecular flexibility index (Phi) is 3.79. The molecule has 0 spiro atoms. The molecule has 148 valence electrons. The van der Waals surface area contributed by atoms with Crippen LogP contribution in [0.15, 0.2) is 69.9 Å².